The van der Waals surface area contributed by atoms with Crippen LogP contribution in [0.15, 0.2) is 40.0 Å². The van der Waals surface area contributed by atoms with Crippen molar-refractivity contribution in [3.05, 3.63) is 41.7 Å². The van der Waals surface area contributed by atoms with Crippen LogP contribution in [0.1, 0.15) is 57.7 Å². The van der Waals surface area contributed by atoms with Crippen LogP contribution in [-0.2, 0) is 15.0 Å². The molecule has 1 aromatic carbocycles. The predicted molar refractivity (Wildman–Crippen MR) is 115 cm³/mol. The molecule has 1 atom stereocenters. The Labute approximate surface area is 176 Å². The van der Waals surface area contributed by atoms with Crippen LogP contribution in [0.25, 0.3) is 0 Å². The second-order valence-corrected chi connectivity index (χ2v) is 9.50. The van der Waals surface area contributed by atoms with Crippen LogP contribution >= 0.6 is 0 Å². The standard InChI is InChI=1S/C22H28N4O4/c1-21(2,3)15-12-29-26-18(15)20(28)23-14-9-7-13(8-10-14)19(27)24-17-11-16(30-25-17)22(4,5)6/h7-11,15H,12H2,1-6H3,(H,23,28)(H,24,25,27). The molecule has 1 aliphatic heterocycles. The SMILES string of the molecule is CC(C)(C)c1cc(NC(=O)c2ccc(NC(=O)C3=NOCC3C(C)(C)C)cc2)no1. The van der Waals surface area contributed by atoms with Crippen LogP contribution < -0.4 is 10.6 Å². The molecule has 0 aliphatic carbocycles. The third-order valence-electron chi connectivity index (χ3n) is 4.91. The minimum absolute atomic E-state index is 0.0806. The van der Waals surface area contributed by atoms with E-state index in [0.717, 1.165) is 0 Å². The molecule has 0 saturated carbocycles. The van der Waals surface area contributed by atoms with E-state index in [1.807, 2.05) is 41.5 Å². The summed E-state index contributed by atoms with van der Waals surface area (Å²) in [5.41, 5.74) is 1.04. The van der Waals surface area contributed by atoms with Gasteiger partial charge >= 0.3 is 0 Å². The van der Waals surface area contributed by atoms with E-state index in [1.165, 1.54) is 0 Å². The molecule has 0 bridgehead atoms. The van der Waals surface area contributed by atoms with Crippen LogP contribution in [-0.4, -0.2) is 29.3 Å². The van der Waals surface area contributed by atoms with Gasteiger partial charge in [-0.1, -0.05) is 51.9 Å². The molecule has 1 unspecified atom stereocenters. The van der Waals surface area contributed by atoms with Crippen molar-refractivity contribution in [3.8, 4) is 0 Å². The van der Waals surface area contributed by atoms with E-state index in [2.05, 4.69) is 20.9 Å². The highest BCUT2D eigenvalue weighted by atomic mass is 16.6. The fourth-order valence-corrected chi connectivity index (χ4v) is 2.96. The maximum absolute atomic E-state index is 12.6. The number of hydrogen-bond donors (Lipinski definition) is 2. The Hall–Kier alpha value is -3.16. The summed E-state index contributed by atoms with van der Waals surface area (Å²) in [7, 11) is 0. The van der Waals surface area contributed by atoms with Crippen LogP contribution in [0.2, 0.25) is 0 Å². The highest BCUT2D eigenvalue weighted by Gasteiger charge is 2.38. The molecule has 0 fully saturated rings. The molecule has 1 aromatic heterocycles. The second kappa shape index (κ2) is 7.93. The minimum Gasteiger partial charge on any atom is -0.395 e. The summed E-state index contributed by atoms with van der Waals surface area (Å²) in [6.07, 6.45) is 0. The van der Waals surface area contributed by atoms with Gasteiger partial charge in [-0.15, -0.1) is 0 Å². The molecule has 160 valence electrons. The van der Waals surface area contributed by atoms with E-state index in [0.29, 0.717) is 35.1 Å². The van der Waals surface area contributed by atoms with Gasteiger partial charge in [0.15, 0.2) is 11.5 Å². The van der Waals surface area contributed by atoms with Crippen molar-refractivity contribution in [3.63, 3.8) is 0 Å². The lowest BCUT2D eigenvalue weighted by Gasteiger charge is -2.25. The first-order valence-electron chi connectivity index (χ1n) is 9.85. The first-order chi connectivity index (χ1) is 13.9. The lowest BCUT2D eigenvalue weighted by atomic mass is 9.78. The number of hydrogen-bond acceptors (Lipinski definition) is 6. The number of anilines is 2. The first-order valence-corrected chi connectivity index (χ1v) is 9.85. The minimum atomic E-state index is -0.317. The fraction of sp³-hybridized carbons (Fsp3) is 0.455. The summed E-state index contributed by atoms with van der Waals surface area (Å²) in [5.74, 6) is 0.339. The van der Waals surface area contributed by atoms with E-state index < -0.39 is 0 Å². The third kappa shape index (κ3) is 4.87. The Balaban J connectivity index is 1.63. The summed E-state index contributed by atoms with van der Waals surface area (Å²) in [6.45, 7) is 12.5. The van der Waals surface area contributed by atoms with E-state index in [-0.39, 0.29) is 28.6 Å². The summed E-state index contributed by atoms with van der Waals surface area (Å²) in [5, 5.41) is 13.3. The molecule has 2 amide bonds. The highest BCUT2D eigenvalue weighted by Crippen LogP contribution is 2.31. The Morgan fingerprint density at radius 1 is 1.00 bits per heavy atom. The third-order valence-corrected chi connectivity index (χ3v) is 4.91. The van der Waals surface area contributed by atoms with Crippen molar-refractivity contribution in [2.24, 2.45) is 16.5 Å². The fourth-order valence-electron chi connectivity index (χ4n) is 2.96. The van der Waals surface area contributed by atoms with Gasteiger partial charge in [0.2, 0.25) is 0 Å². The molecule has 2 N–H and O–H groups in total. The number of nitrogens with one attached hydrogen (secondary N) is 2. The smallest absolute Gasteiger partial charge is 0.273 e. The van der Waals surface area contributed by atoms with Gasteiger partial charge < -0.3 is 20.0 Å². The second-order valence-electron chi connectivity index (χ2n) is 9.50. The Morgan fingerprint density at radius 3 is 2.23 bits per heavy atom. The zero-order chi connectivity index (χ0) is 22.1. The Morgan fingerprint density at radius 2 is 1.67 bits per heavy atom. The average molecular weight is 412 g/mol. The summed E-state index contributed by atoms with van der Waals surface area (Å²) >= 11 is 0. The van der Waals surface area contributed by atoms with Crippen molar-refractivity contribution in [1.29, 1.82) is 0 Å². The van der Waals surface area contributed by atoms with Gasteiger partial charge in [0.1, 0.15) is 12.4 Å². The van der Waals surface area contributed by atoms with Crippen molar-refractivity contribution in [2.75, 3.05) is 17.2 Å². The van der Waals surface area contributed by atoms with Crippen molar-refractivity contribution < 1.29 is 18.9 Å². The van der Waals surface area contributed by atoms with E-state index in [4.69, 9.17) is 9.36 Å². The van der Waals surface area contributed by atoms with Crippen molar-refractivity contribution >= 4 is 29.0 Å². The van der Waals surface area contributed by atoms with E-state index in [1.54, 1.807) is 30.3 Å². The molecule has 2 heterocycles. The monoisotopic (exact) mass is 412 g/mol. The highest BCUT2D eigenvalue weighted by molar-refractivity contribution is 6.44. The number of rotatable bonds is 4. The first kappa shape index (κ1) is 21.5. The van der Waals surface area contributed by atoms with Gasteiger partial charge in [0.25, 0.3) is 11.8 Å². The Kier molecular flexibility index (Phi) is 5.70. The van der Waals surface area contributed by atoms with Crippen LogP contribution in [0, 0.1) is 11.3 Å². The van der Waals surface area contributed by atoms with Crippen LogP contribution in [0.4, 0.5) is 11.5 Å². The summed E-state index contributed by atoms with van der Waals surface area (Å²) in [6, 6.07) is 8.30. The maximum atomic E-state index is 12.6. The van der Waals surface area contributed by atoms with E-state index >= 15 is 0 Å². The lowest BCUT2D eigenvalue weighted by Crippen LogP contribution is -2.36. The molecular formula is C22H28N4O4. The summed E-state index contributed by atoms with van der Waals surface area (Å²) < 4.78 is 5.28. The van der Waals surface area contributed by atoms with Gasteiger partial charge in [-0.25, -0.2) is 0 Å². The molecule has 8 nitrogen and oxygen atoms in total. The van der Waals surface area contributed by atoms with Crippen LogP contribution in [0.5, 0.6) is 0 Å². The molecule has 0 saturated heterocycles. The van der Waals surface area contributed by atoms with Crippen molar-refractivity contribution in [1.82, 2.24) is 5.16 Å². The number of carbonyl (C=O) groups is 2. The largest absolute Gasteiger partial charge is 0.395 e. The van der Waals surface area contributed by atoms with Gasteiger partial charge in [-0.3, -0.25) is 9.59 Å². The Bertz CT molecular complexity index is 962. The van der Waals surface area contributed by atoms with E-state index in [9.17, 15) is 9.59 Å². The molecule has 0 radical (unpaired) electrons. The number of benzene rings is 1. The number of amides is 2. The number of nitrogens with zero attached hydrogens (tertiary/aromatic N) is 2. The number of aromatic nitrogens is 1. The molecule has 30 heavy (non-hydrogen) atoms. The quantitative estimate of drug-likeness (QED) is 0.782. The molecule has 0 spiro atoms. The topological polar surface area (TPSA) is 106 Å². The predicted octanol–water partition coefficient (Wildman–Crippen LogP) is 4.21. The van der Waals surface area contributed by atoms with Gasteiger partial charge in [0.05, 0.1) is 5.92 Å². The normalized spacial score (nSPS) is 16.6. The molecular weight excluding hydrogens is 384 g/mol. The van der Waals surface area contributed by atoms with Crippen molar-refractivity contribution in [2.45, 2.75) is 47.0 Å². The zero-order valence-corrected chi connectivity index (χ0v) is 18.2. The molecule has 8 heteroatoms. The molecule has 1 aliphatic rings. The van der Waals surface area contributed by atoms with Gasteiger partial charge in [-0.05, 0) is 29.7 Å². The molecule has 3 rings (SSSR count). The van der Waals surface area contributed by atoms with Gasteiger partial charge in [0, 0.05) is 22.7 Å². The lowest BCUT2D eigenvalue weighted by molar-refractivity contribution is -0.110. The average Bonchev–Trinajstić information content (AvgIpc) is 3.31. The maximum Gasteiger partial charge on any atom is 0.273 e. The molecule has 2 aromatic rings. The van der Waals surface area contributed by atoms with Gasteiger partial charge in [-0.2, -0.15) is 0 Å². The zero-order valence-electron chi connectivity index (χ0n) is 18.2. The van der Waals surface area contributed by atoms with Crippen LogP contribution in [0.3, 0.4) is 0 Å². The number of oxime groups is 1. The summed E-state index contributed by atoms with van der Waals surface area (Å²) in [4.78, 5) is 30.2. The number of carbonyl (C=O) groups excluding carboxylic acids is 2.